The molecule has 34 heavy (non-hydrogen) atoms. The normalized spacial score (nSPS) is 18.4. The maximum Gasteiger partial charge on any atom is 0.573 e. The summed E-state index contributed by atoms with van der Waals surface area (Å²) < 4.78 is 52.5. The van der Waals surface area contributed by atoms with Crippen LogP contribution >= 0.6 is 0 Å². The van der Waals surface area contributed by atoms with Crippen molar-refractivity contribution < 1.29 is 32.2 Å². The fraction of sp³-hybridized carbons (Fsp3) is 0.522. The summed E-state index contributed by atoms with van der Waals surface area (Å²) in [6, 6.07) is 6.45. The lowest BCUT2D eigenvalue weighted by Gasteiger charge is -2.33. The molecule has 2 heterocycles. The molecular weight excluding hydrogens is 453 g/mol. The molecule has 1 aromatic carbocycles. The molecule has 0 unspecified atom stereocenters. The van der Waals surface area contributed by atoms with Crippen molar-refractivity contribution in [1.82, 2.24) is 9.97 Å². The number of carbonyl (C=O) groups is 1. The number of anilines is 2. The number of hydrogen-bond acceptors (Lipinski definition) is 7. The van der Waals surface area contributed by atoms with Gasteiger partial charge in [0.15, 0.2) is 0 Å². The quantitative estimate of drug-likeness (QED) is 0.534. The van der Waals surface area contributed by atoms with Gasteiger partial charge < -0.3 is 19.5 Å². The number of alkyl halides is 3. The Kier molecular flexibility index (Phi) is 7.54. The number of carbonyl (C=O) groups excluding carboxylic acids is 1. The smallest absolute Gasteiger partial charge is 0.447 e. The largest absolute Gasteiger partial charge is 0.573 e. The number of rotatable bonds is 8. The Morgan fingerprint density at radius 2 is 1.88 bits per heavy atom. The zero-order chi connectivity index (χ0) is 25.1. The van der Waals surface area contributed by atoms with Gasteiger partial charge in [0.05, 0.1) is 17.7 Å². The molecule has 0 spiro atoms. The van der Waals surface area contributed by atoms with E-state index in [2.05, 4.69) is 20.0 Å². The van der Waals surface area contributed by atoms with E-state index in [0.29, 0.717) is 17.8 Å². The van der Waals surface area contributed by atoms with Gasteiger partial charge in [0.2, 0.25) is 5.95 Å². The molecule has 0 aliphatic carbocycles. The molecule has 0 radical (unpaired) electrons. The van der Waals surface area contributed by atoms with E-state index in [1.807, 2.05) is 34.6 Å². The van der Waals surface area contributed by atoms with E-state index in [1.54, 1.807) is 6.07 Å². The highest BCUT2D eigenvalue weighted by molar-refractivity contribution is 5.89. The van der Waals surface area contributed by atoms with Crippen molar-refractivity contribution in [3.63, 3.8) is 0 Å². The van der Waals surface area contributed by atoms with Crippen LogP contribution in [0.15, 0.2) is 36.5 Å². The second-order valence-corrected chi connectivity index (χ2v) is 8.91. The number of nitrogens with one attached hydrogen (secondary N) is 1. The number of ether oxygens (including phenoxy) is 3. The Balaban J connectivity index is 1.75. The van der Waals surface area contributed by atoms with Crippen LogP contribution in [0.2, 0.25) is 0 Å². The molecule has 0 bridgehead atoms. The molecule has 1 aliphatic rings. The average Bonchev–Trinajstić information content (AvgIpc) is 3.12. The highest BCUT2D eigenvalue weighted by atomic mass is 19.4. The minimum Gasteiger partial charge on any atom is -0.447 e. The van der Waals surface area contributed by atoms with E-state index in [9.17, 15) is 18.0 Å². The lowest BCUT2D eigenvalue weighted by atomic mass is 10.1. The molecular formula is C23H29F3N4O4. The number of hydrogen-bond donors (Lipinski definition) is 1. The Morgan fingerprint density at radius 3 is 2.47 bits per heavy atom. The summed E-state index contributed by atoms with van der Waals surface area (Å²) in [5.74, 6) is 0.314. The maximum atomic E-state index is 12.5. The van der Waals surface area contributed by atoms with Crippen LogP contribution in [-0.2, 0) is 9.47 Å². The first-order chi connectivity index (χ1) is 15.9. The summed E-state index contributed by atoms with van der Waals surface area (Å²) in [6.45, 7) is 9.83. The second-order valence-electron chi connectivity index (χ2n) is 8.91. The standard InChI is InChI=1S/C23H29F3N4O4/c1-6-18(34-22(3,4)5)17-13-32-21(31)30(17)19-11-12-27-20(29-19)28-14(2)15-7-9-16(10-8-15)33-23(24,25)26/h7-12,14,17-18H,6,13H2,1-5H3,(H,27,28,29)/t14-,17+,18+/m0/s1. The van der Waals surface area contributed by atoms with Crippen molar-refractivity contribution in [2.45, 2.75) is 71.2 Å². The van der Waals surface area contributed by atoms with Gasteiger partial charge in [-0.15, -0.1) is 13.2 Å². The van der Waals surface area contributed by atoms with Crippen molar-refractivity contribution in [2.75, 3.05) is 16.8 Å². The van der Waals surface area contributed by atoms with Gasteiger partial charge in [-0.05, 0) is 57.9 Å². The fourth-order valence-corrected chi connectivity index (χ4v) is 3.65. The van der Waals surface area contributed by atoms with E-state index in [0.717, 1.165) is 0 Å². The molecule has 1 fully saturated rings. The van der Waals surface area contributed by atoms with Gasteiger partial charge in [0.25, 0.3) is 0 Å². The molecule has 3 atom stereocenters. The third-order valence-electron chi connectivity index (χ3n) is 5.09. The van der Waals surface area contributed by atoms with Crippen LogP contribution in [0.3, 0.4) is 0 Å². The van der Waals surface area contributed by atoms with Crippen molar-refractivity contribution in [3.8, 4) is 5.75 Å². The molecule has 1 saturated heterocycles. The Hall–Kier alpha value is -3.08. The zero-order valence-electron chi connectivity index (χ0n) is 19.7. The van der Waals surface area contributed by atoms with Crippen molar-refractivity contribution in [2.24, 2.45) is 0 Å². The van der Waals surface area contributed by atoms with Gasteiger partial charge in [-0.25, -0.2) is 9.78 Å². The summed E-state index contributed by atoms with van der Waals surface area (Å²) in [7, 11) is 0. The third-order valence-corrected chi connectivity index (χ3v) is 5.09. The van der Waals surface area contributed by atoms with Gasteiger partial charge in [0.1, 0.15) is 24.2 Å². The maximum absolute atomic E-state index is 12.5. The molecule has 186 valence electrons. The minimum absolute atomic E-state index is 0.183. The van der Waals surface area contributed by atoms with E-state index in [-0.39, 0.29) is 36.5 Å². The molecule has 1 amide bonds. The monoisotopic (exact) mass is 482 g/mol. The van der Waals surface area contributed by atoms with Crippen LogP contribution in [-0.4, -0.2) is 46.8 Å². The number of cyclic esters (lactones) is 1. The average molecular weight is 483 g/mol. The van der Waals surface area contributed by atoms with Crippen LogP contribution in [0.5, 0.6) is 5.75 Å². The molecule has 2 aromatic rings. The van der Waals surface area contributed by atoms with Crippen LogP contribution in [0, 0.1) is 0 Å². The van der Waals surface area contributed by atoms with Crippen LogP contribution in [0.25, 0.3) is 0 Å². The highest BCUT2D eigenvalue weighted by Crippen LogP contribution is 2.29. The second kappa shape index (κ2) is 10.0. The molecule has 1 N–H and O–H groups in total. The first-order valence-electron chi connectivity index (χ1n) is 11.0. The number of amides is 1. The first-order valence-corrected chi connectivity index (χ1v) is 11.0. The van der Waals surface area contributed by atoms with Crippen LogP contribution < -0.4 is 15.0 Å². The van der Waals surface area contributed by atoms with E-state index >= 15 is 0 Å². The predicted octanol–water partition coefficient (Wildman–Crippen LogP) is 5.47. The van der Waals surface area contributed by atoms with Crippen LogP contribution in [0.4, 0.5) is 29.7 Å². The first kappa shape index (κ1) is 25.5. The third kappa shape index (κ3) is 6.72. The molecule has 11 heteroatoms. The summed E-state index contributed by atoms with van der Waals surface area (Å²) in [5, 5.41) is 3.11. The zero-order valence-corrected chi connectivity index (χ0v) is 19.7. The van der Waals surface area contributed by atoms with Gasteiger partial charge in [-0.2, -0.15) is 4.98 Å². The van der Waals surface area contributed by atoms with Gasteiger partial charge in [0, 0.05) is 6.20 Å². The van der Waals surface area contributed by atoms with Gasteiger partial charge >= 0.3 is 12.5 Å². The lowest BCUT2D eigenvalue weighted by Crippen LogP contribution is -2.46. The molecule has 1 aliphatic heterocycles. The van der Waals surface area contributed by atoms with E-state index in [1.165, 1.54) is 35.4 Å². The lowest BCUT2D eigenvalue weighted by molar-refractivity contribution is -0.274. The van der Waals surface area contributed by atoms with Gasteiger partial charge in [-0.1, -0.05) is 19.1 Å². The number of aromatic nitrogens is 2. The Labute approximate surface area is 196 Å². The molecule has 8 nitrogen and oxygen atoms in total. The summed E-state index contributed by atoms with van der Waals surface area (Å²) in [5.41, 5.74) is 0.304. The topological polar surface area (TPSA) is 85.8 Å². The molecule has 0 saturated carbocycles. The fourth-order valence-electron chi connectivity index (χ4n) is 3.65. The summed E-state index contributed by atoms with van der Waals surface area (Å²) in [6.07, 6.45) is -3.32. The summed E-state index contributed by atoms with van der Waals surface area (Å²) >= 11 is 0. The number of benzene rings is 1. The van der Waals surface area contributed by atoms with Crippen molar-refractivity contribution >= 4 is 17.9 Å². The van der Waals surface area contributed by atoms with E-state index < -0.39 is 18.1 Å². The molecule has 1 aromatic heterocycles. The van der Waals surface area contributed by atoms with Crippen LogP contribution in [0.1, 0.15) is 52.6 Å². The SMILES string of the molecule is CC[C@@H](OC(C)(C)C)[C@H]1COC(=O)N1c1ccnc(N[C@@H](C)c2ccc(OC(F)(F)F)cc2)n1. The Bertz CT molecular complexity index is 979. The Morgan fingerprint density at radius 1 is 1.21 bits per heavy atom. The number of halogens is 3. The minimum atomic E-state index is -4.75. The van der Waals surface area contributed by atoms with Gasteiger partial charge in [-0.3, -0.25) is 4.90 Å². The highest BCUT2D eigenvalue weighted by Gasteiger charge is 2.41. The van der Waals surface area contributed by atoms with Crippen molar-refractivity contribution in [3.05, 3.63) is 42.1 Å². The molecule has 3 rings (SSSR count). The predicted molar refractivity (Wildman–Crippen MR) is 120 cm³/mol. The van der Waals surface area contributed by atoms with E-state index in [4.69, 9.17) is 9.47 Å². The number of nitrogens with zero attached hydrogens (tertiary/aromatic N) is 3. The van der Waals surface area contributed by atoms with Crippen molar-refractivity contribution in [1.29, 1.82) is 0 Å². The summed E-state index contributed by atoms with van der Waals surface area (Å²) in [4.78, 5) is 22.7.